The fourth-order valence-corrected chi connectivity index (χ4v) is 3.59. The Morgan fingerprint density at radius 3 is 2.44 bits per heavy atom. The molecule has 0 spiro atoms. The Morgan fingerprint density at radius 2 is 1.81 bits per heavy atom. The van der Waals surface area contributed by atoms with Crippen LogP contribution in [0.3, 0.4) is 0 Å². The first-order valence-corrected chi connectivity index (χ1v) is 9.84. The summed E-state index contributed by atoms with van der Waals surface area (Å²) in [6, 6.07) is 8.58. The number of anilines is 1. The molecule has 144 valence electrons. The second kappa shape index (κ2) is 8.71. The number of aryl methyl sites for hydroxylation is 1. The average Bonchev–Trinajstić information content (AvgIpc) is 2.62. The summed E-state index contributed by atoms with van der Waals surface area (Å²) >= 11 is 11.7. The second-order valence-electron chi connectivity index (χ2n) is 5.44. The Balaban J connectivity index is 2.05. The second-order valence-corrected chi connectivity index (χ2v) is 8.13. The van der Waals surface area contributed by atoms with E-state index >= 15 is 0 Å². The van der Waals surface area contributed by atoms with Crippen LogP contribution in [0.25, 0.3) is 0 Å². The molecule has 0 bridgehead atoms. The molecule has 2 aromatic rings. The quantitative estimate of drug-likeness (QED) is 0.685. The number of sulfonamides is 1. The van der Waals surface area contributed by atoms with Gasteiger partial charge in [-0.1, -0.05) is 23.2 Å². The van der Waals surface area contributed by atoms with E-state index < -0.39 is 28.5 Å². The minimum absolute atomic E-state index is 0.0446. The van der Waals surface area contributed by atoms with E-state index in [9.17, 15) is 18.0 Å². The van der Waals surface area contributed by atoms with Gasteiger partial charge in [0.25, 0.3) is 5.91 Å². The molecule has 0 fully saturated rings. The van der Waals surface area contributed by atoms with Crippen molar-refractivity contribution in [1.82, 2.24) is 4.72 Å². The maximum absolute atomic E-state index is 12.1. The first kappa shape index (κ1) is 21.2. The fraction of sp³-hybridized carbons (Fsp3) is 0.176. The molecule has 10 heteroatoms. The third-order valence-corrected chi connectivity index (χ3v) is 5.65. The van der Waals surface area contributed by atoms with Crippen molar-refractivity contribution in [3.8, 4) is 0 Å². The monoisotopic (exact) mass is 430 g/mol. The molecule has 2 aromatic carbocycles. The van der Waals surface area contributed by atoms with Crippen molar-refractivity contribution >= 4 is 50.8 Å². The summed E-state index contributed by atoms with van der Waals surface area (Å²) in [5, 5.41) is 3.09. The summed E-state index contributed by atoms with van der Waals surface area (Å²) < 4.78 is 30.8. The molecule has 27 heavy (non-hydrogen) atoms. The summed E-state index contributed by atoms with van der Waals surface area (Å²) in [4.78, 5) is 23.8. The average molecular weight is 431 g/mol. The van der Waals surface area contributed by atoms with Crippen LogP contribution in [0.15, 0.2) is 41.3 Å². The van der Waals surface area contributed by atoms with Crippen LogP contribution in [0, 0.1) is 6.92 Å². The molecule has 0 aliphatic carbocycles. The van der Waals surface area contributed by atoms with E-state index in [1.165, 1.54) is 19.2 Å². The number of amides is 1. The van der Waals surface area contributed by atoms with Crippen molar-refractivity contribution in [2.75, 3.05) is 19.0 Å². The molecule has 7 nitrogen and oxygen atoms in total. The zero-order valence-corrected chi connectivity index (χ0v) is 16.7. The van der Waals surface area contributed by atoms with Gasteiger partial charge in [0.05, 0.1) is 10.6 Å². The van der Waals surface area contributed by atoms with E-state index in [0.29, 0.717) is 10.7 Å². The highest BCUT2D eigenvalue weighted by Crippen LogP contribution is 2.23. The Hall–Kier alpha value is -2.13. The predicted octanol–water partition coefficient (Wildman–Crippen LogP) is 3.01. The first-order valence-electron chi connectivity index (χ1n) is 7.60. The molecule has 0 aromatic heterocycles. The van der Waals surface area contributed by atoms with Gasteiger partial charge in [-0.05, 0) is 55.9 Å². The number of halogens is 2. The largest absolute Gasteiger partial charge is 0.452 e. The highest BCUT2D eigenvalue weighted by molar-refractivity contribution is 7.89. The molecule has 0 saturated carbocycles. The number of benzene rings is 2. The van der Waals surface area contributed by atoms with E-state index in [-0.39, 0.29) is 15.5 Å². The van der Waals surface area contributed by atoms with Gasteiger partial charge in [0.15, 0.2) is 6.61 Å². The van der Waals surface area contributed by atoms with Crippen molar-refractivity contribution in [1.29, 1.82) is 0 Å². The van der Waals surface area contributed by atoms with E-state index in [0.717, 1.165) is 11.6 Å². The third kappa shape index (κ3) is 5.43. The Labute approximate surface area is 166 Å². The van der Waals surface area contributed by atoms with Crippen LogP contribution in [0.4, 0.5) is 5.69 Å². The molecule has 1 amide bonds. The van der Waals surface area contributed by atoms with Gasteiger partial charge >= 0.3 is 5.97 Å². The van der Waals surface area contributed by atoms with E-state index in [1.54, 1.807) is 25.1 Å². The maximum atomic E-state index is 12.1. The van der Waals surface area contributed by atoms with Crippen molar-refractivity contribution in [2.24, 2.45) is 0 Å². The minimum atomic E-state index is -3.84. The van der Waals surface area contributed by atoms with Gasteiger partial charge in [-0.15, -0.1) is 0 Å². The first-order chi connectivity index (χ1) is 12.6. The number of ether oxygens (including phenoxy) is 1. The van der Waals surface area contributed by atoms with Crippen LogP contribution in [0.1, 0.15) is 15.9 Å². The van der Waals surface area contributed by atoms with Gasteiger partial charge in [0.1, 0.15) is 4.90 Å². The number of carbonyl (C=O) groups is 2. The maximum Gasteiger partial charge on any atom is 0.338 e. The molecule has 0 aliphatic rings. The fourth-order valence-electron chi connectivity index (χ4n) is 2.11. The van der Waals surface area contributed by atoms with Crippen molar-refractivity contribution in [2.45, 2.75) is 11.8 Å². The van der Waals surface area contributed by atoms with Crippen LogP contribution in [0.5, 0.6) is 0 Å². The van der Waals surface area contributed by atoms with E-state index in [2.05, 4.69) is 10.0 Å². The van der Waals surface area contributed by atoms with Crippen molar-refractivity contribution in [3.05, 3.63) is 57.6 Å². The number of rotatable bonds is 6. The van der Waals surface area contributed by atoms with Gasteiger partial charge < -0.3 is 10.1 Å². The Morgan fingerprint density at radius 1 is 1.11 bits per heavy atom. The number of hydrogen-bond acceptors (Lipinski definition) is 5. The summed E-state index contributed by atoms with van der Waals surface area (Å²) in [5.41, 5.74) is 1.24. The Bertz CT molecular complexity index is 993. The molecule has 0 heterocycles. The summed E-state index contributed by atoms with van der Waals surface area (Å²) in [5.74, 6) is -1.41. The number of carbonyl (C=O) groups excluding carboxylic acids is 2. The summed E-state index contributed by atoms with van der Waals surface area (Å²) in [7, 11) is -2.62. The van der Waals surface area contributed by atoms with Crippen LogP contribution in [0.2, 0.25) is 10.0 Å². The highest BCUT2D eigenvalue weighted by atomic mass is 35.5. The van der Waals surface area contributed by atoms with Crippen LogP contribution in [-0.2, 0) is 19.6 Å². The van der Waals surface area contributed by atoms with Crippen molar-refractivity contribution < 1.29 is 22.7 Å². The molecule has 2 N–H and O–H groups in total. The van der Waals surface area contributed by atoms with Gasteiger partial charge in [0, 0.05) is 10.7 Å². The van der Waals surface area contributed by atoms with E-state index in [4.69, 9.17) is 27.9 Å². The van der Waals surface area contributed by atoms with Gasteiger partial charge in [0.2, 0.25) is 10.0 Å². The van der Waals surface area contributed by atoms with E-state index in [1.807, 2.05) is 0 Å². The number of esters is 1. The zero-order chi connectivity index (χ0) is 20.2. The lowest BCUT2D eigenvalue weighted by molar-refractivity contribution is -0.119. The molecular weight excluding hydrogens is 415 g/mol. The SMILES string of the molecule is CNS(=O)(=O)c1cc(C(=O)OCC(=O)Nc2ccc(Cl)cc2C)ccc1Cl. The molecule has 0 atom stereocenters. The molecule has 0 unspecified atom stereocenters. The highest BCUT2D eigenvalue weighted by Gasteiger charge is 2.19. The smallest absolute Gasteiger partial charge is 0.338 e. The topological polar surface area (TPSA) is 102 Å². The predicted molar refractivity (Wildman–Crippen MR) is 103 cm³/mol. The lowest BCUT2D eigenvalue weighted by Gasteiger charge is -2.10. The Kier molecular flexibility index (Phi) is 6.83. The molecular formula is C17H16Cl2N2O5S. The molecule has 0 saturated heterocycles. The van der Waals surface area contributed by atoms with Crippen LogP contribution >= 0.6 is 23.2 Å². The lowest BCUT2D eigenvalue weighted by atomic mass is 10.2. The zero-order valence-electron chi connectivity index (χ0n) is 14.4. The molecule has 0 radical (unpaired) electrons. The molecule has 2 rings (SSSR count). The van der Waals surface area contributed by atoms with Crippen LogP contribution in [-0.4, -0.2) is 33.9 Å². The third-order valence-electron chi connectivity index (χ3n) is 3.52. The van der Waals surface area contributed by atoms with Crippen molar-refractivity contribution in [3.63, 3.8) is 0 Å². The summed E-state index contributed by atoms with van der Waals surface area (Å²) in [6.45, 7) is 1.22. The summed E-state index contributed by atoms with van der Waals surface area (Å²) in [6.07, 6.45) is 0. The minimum Gasteiger partial charge on any atom is -0.452 e. The number of hydrogen-bond donors (Lipinski definition) is 2. The van der Waals surface area contributed by atoms with Gasteiger partial charge in [-0.25, -0.2) is 17.9 Å². The van der Waals surface area contributed by atoms with Gasteiger partial charge in [-0.2, -0.15) is 0 Å². The normalized spacial score (nSPS) is 11.1. The lowest BCUT2D eigenvalue weighted by Crippen LogP contribution is -2.22. The van der Waals surface area contributed by atoms with Crippen LogP contribution < -0.4 is 10.0 Å². The molecule has 0 aliphatic heterocycles. The number of nitrogens with one attached hydrogen (secondary N) is 2. The standard InChI is InChI=1S/C17H16Cl2N2O5S/c1-10-7-12(18)4-6-14(10)21-16(22)9-26-17(23)11-3-5-13(19)15(8-11)27(24,25)20-2/h3-8,20H,9H2,1-2H3,(H,21,22). The van der Waals surface area contributed by atoms with Gasteiger partial charge in [-0.3, -0.25) is 4.79 Å².